The fraction of sp³-hybridized carbons (Fsp3) is 0.750. The average molecular weight is 171 g/mol. The largest absolute Gasteiger partial charge is 0.450 e. The van der Waals surface area contributed by atoms with Gasteiger partial charge in [0.05, 0.1) is 13.2 Å². The molecule has 12 heavy (non-hydrogen) atoms. The van der Waals surface area contributed by atoms with Crippen LogP contribution in [0.3, 0.4) is 0 Å². The fourth-order valence-electron chi connectivity index (χ4n) is 1.30. The van der Waals surface area contributed by atoms with E-state index in [-0.39, 0.29) is 24.5 Å². The summed E-state index contributed by atoms with van der Waals surface area (Å²) in [6.45, 7) is 4.17. The second-order valence-corrected chi connectivity index (χ2v) is 2.92. The van der Waals surface area contributed by atoms with Crippen LogP contribution in [0.4, 0.5) is 4.79 Å². The lowest BCUT2D eigenvalue weighted by Gasteiger charge is -2.18. The number of likely N-dealkylation sites (tertiary alicyclic amines) is 1. The first-order valence-electron chi connectivity index (χ1n) is 4.10. The second-order valence-electron chi connectivity index (χ2n) is 2.92. The van der Waals surface area contributed by atoms with Crippen molar-refractivity contribution in [2.75, 3.05) is 13.2 Å². The molecule has 4 nitrogen and oxygen atoms in total. The number of ketones is 1. The van der Waals surface area contributed by atoms with Crippen molar-refractivity contribution in [2.24, 2.45) is 0 Å². The first kappa shape index (κ1) is 9.03. The van der Waals surface area contributed by atoms with E-state index in [2.05, 4.69) is 0 Å². The first-order valence-corrected chi connectivity index (χ1v) is 4.10. The van der Waals surface area contributed by atoms with Gasteiger partial charge < -0.3 is 4.74 Å². The zero-order chi connectivity index (χ0) is 9.14. The maximum absolute atomic E-state index is 11.2. The van der Waals surface area contributed by atoms with Crippen LogP contribution in [-0.2, 0) is 9.53 Å². The van der Waals surface area contributed by atoms with Crippen LogP contribution in [0.25, 0.3) is 0 Å². The monoisotopic (exact) mass is 171 g/mol. The first-order chi connectivity index (χ1) is 5.65. The van der Waals surface area contributed by atoms with Gasteiger partial charge in [0.25, 0.3) is 0 Å². The molecular weight excluding hydrogens is 158 g/mol. The normalized spacial score (nSPS) is 23.0. The molecule has 1 aliphatic heterocycles. The van der Waals surface area contributed by atoms with Gasteiger partial charge in [-0.05, 0) is 13.8 Å². The summed E-state index contributed by atoms with van der Waals surface area (Å²) in [5, 5.41) is 0. The molecule has 1 heterocycles. The molecule has 1 aliphatic rings. The Labute approximate surface area is 71.5 Å². The summed E-state index contributed by atoms with van der Waals surface area (Å²) in [5.41, 5.74) is 0. The van der Waals surface area contributed by atoms with E-state index in [1.165, 1.54) is 4.90 Å². The molecule has 68 valence electrons. The number of amides is 1. The van der Waals surface area contributed by atoms with E-state index in [1.807, 2.05) is 6.92 Å². The van der Waals surface area contributed by atoms with Crippen LogP contribution >= 0.6 is 0 Å². The van der Waals surface area contributed by atoms with Gasteiger partial charge in [-0.2, -0.15) is 0 Å². The Balaban J connectivity index is 2.52. The molecule has 1 saturated heterocycles. The van der Waals surface area contributed by atoms with Crippen LogP contribution in [0.5, 0.6) is 0 Å². The van der Waals surface area contributed by atoms with E-state index in [0.29, 0.717) is 13.0 Å². The van der Waals surface area contributed by atoms with Crippen LogP contribution in [0.2, 0.25) is 0 Å². The van der Waals surface area contributed by atoms with Gasteiger partial charge in [0, 0.05) is 12.5 Å². The third-order valence-electron chi connectivity index (χ3n) is 1.90. The van der Waals surface area contributed by atoms with E-state index >= 15 is 0 Å². The van der Waals surface area contributed by atoms with Gasteiger partial charge in [-0.25, -0.2) is 4.79 Å². The highest BCUT2D eigenvalue weighted by Crippen LogP contribution is 2.14. The number of Topliss-reactive ketones (excluding diaryl/α,β-unsaturated/α-hetero) is 1. The summed E-state index contributed by atoms with van der Waals surface area (Å²) in [5.74, 6) is 0.107. The van der Waals surface area contributed by atoms with Crippen LogP contribution in [-0.4, -0.2) is 36.0 Å². The van der Waals surface area contributed by atoms with Gasteiger partial charge >= 0.3 is 6.09 Å². The third-order valence-corrected chi connectivity index (χ3v) is 1.90. The fourth-order valence-corrected chi connectivity index (χ4v) is 1.30. The molecule has 0 aromatic carbocycles. The molecule has 0 spiro atoms. The van der Waals surface area contributed by atoms with Crippen LogP contribution < -0.4 is 0 Å². The number of carbonyl (C=O) groups is 2. The molecule has 1 unspecified atom stereocenters. The molecule has 1 atom stereocenters. The standard InChI is InChI=1S/C8H13NO3/c1-3-12-8(11)9-5-7(10)4-6(9)2/h6H,3-5H2,1-2H3. The topological polar surface area (TPSA) is 46.6 Å². The highest BCUT2D eigenvalue weighted by molar-refractivity contribution is 5.88. The van der Waals surface area contributed by atoms with Crippen LogP contribution in [0, 0.1) is 0 Å². The predicted molar refractivity (Wildman–Crippen MR) is 42.8 cm³/mol. The van der Waals surface area contributed by atoms with Crippen molar-refractivity contribution in [2.45, 2.75) is 26.3 Å². The number of rotatable bonds is 1. The smallest absolute Gasteiger partial charge is 0.410 e. The Morgan fingerprint density at radius 1 is 1.75 bits per heavy atom. The Morgan fingerprint density at radius 3 is 2.83 bits per heavy atom. The Kier molecular flexibility index (Phi) is 2.68. The quantitative estimate of drug-likeness (QED) is 0.586. The highest BCUT2D eigenvalue weighted by Gasteiger charge is 2.31. The maximum Gasteiger partial charge on any atom is 0.410 e. The van der Waals surface area contributed by atoms with Crippen LogP contribution in [0.1, 0.15) is 20.3 Å². The molecule has 0 radical (unpaired) electrons. The number of ether oxygens (including phenoxy) is 1. The lowest BCUT2D eigenvalue weighted by Crippen LogP contribution is -2.34. The second kappa shape index (κ2) is 3.56. The molecule has 1 rings (SSSR count). The van der Waals surface area contributed by atoms with Gasteiger partial charge in [0.2, 0.25) is 0 Å². The van der Waals surface area contributed by atoms with Crippen molar-refractivity contribution in [3.05, 3.63) is 0 Å². The molecule has 1 amide bonds. The van der Waals surface area contributed by atoms with Crippen molar-refractivity contribution in [3.63, 3.8) is 0 Å². The van der Waals surface area contributed by atoms with Crippen molar-refractivity contribution in [1.29, 1.82) is 0 Å². The summed E-state index contributed by atoms with van der Waals surface area (Å²) < 4.78 is 4.78. The molecule has 0 aromatic heterocycles. The van der Waals surface area contributed by atoms with Crippen molar-refractivity contribution in [1.82, 2.24) is 4.90 Å². The summed E-state index contributed by atoms with van der Waals surface area (Å²) in [6.07, 6.45) is 0.0783. The molecule has 1 fully saturated rings. The van der Waals surface area contributed by atoms with E-state index in [9.17, 15) is 9.59 Å². The highest BCUT2D eigenvalue weighted by atomic mass is 16.6. The van der Waals surface area contributed by atoms with Crippen LogP contribution in [0.15, 0.2) is 0 Å². The van der Waals surface area contributed by atoms with E-state index in [0.717, 1.165) is 0 Å². The van der Waals surface area contributed by atoms with Crippen molar-refractivity contribution in [3.8, 4) is 0 Å². The third kappa shape index (κ3) is 1.75. The lowest BCUT2D eigenvalue weighted by molar-refractivity contribution is -0.116. The SMILES string of the molecule is CCOC(=O)N1CC(=O)CC1C. The minimum Gasteiger partial charge on any atom is -0.450 e. The predicted octanol–water partition coefficient (Wildman–Crippen LogP) is 0.806. The minimum absolute atomic E-state index is 0.00319. The minimum atomic E-state index is -0.379. The van der Waals surface area contributed by atoms with Crippen molar-refractivity contribution >= 4 is 11.9 Å². The van der Waals surface area contributed by atoms with Gasteiger partial charge in [-0.3, -0.25) is 9.69 Å². The van der Waals surface area contributed by atoms with E-state index in [1.54, 1.807) is 6.92 Å². The van der Waals surface area contributed by atoms with Gasteiger partial charge in [-0.1, -0.05) is 0 Å². The lowest BCUT2D eigenvalue weighted by atomic mass is 10.2. The molecule has 0 aliphatic carbocycles. The number of hydrogen-bond acceptors (Lipinski definition) is 3. The summed E-state index contributed by atoms with van der Waals surface area (Å²) >= 11 is 0. The molecular formula is C8H13NO3. The molecule has 4 heteroatoms. The zero-order valence-electron chi connectivity index (χ0n) is 7.37. The summed E-state index contributed by atoms with van der Waals surface area (Å²) in [6, 6.07) is -0.00319. The van der Waals surface area contributed by atoms with Crippen molar-refractivity contribution < 1.29 is 14.3 Å². The van der Waals surface area contributed by atoms with E-state index < -0.39 is 0 Å². The molecule has 0 bridgehead atoms. The molecule has 0 aromatic rings. The van der Waals surface area contributed by atoms with Gasteiger partial charge in [-0.15, -0.1) is 0 Å². The number of carbonyl (C=O) groups excluding carboxylic acids is 2. The summed E-state index contributed by atoms with van der Waals surface area (Å²) in [7, 11) is 0. The molecule has 0 saturated carbocycles. The average Bonchev–Trinajstić information content (AvgIpc) is 2.30. The summed E-state index contributed by atoms with van der Waals surface area (Å²) in [4.78, 5) is 23.5. The maximum atomic E-state index is 11.2. The Bertz CT molecular complexity index is 202. The molecule has 0 N–H and O–H groups in total. The zero-order valence-corrected chi connectivity index (χ0v) is 7.37. The van der Waals surface area contributed by atoms with E-state index in [4.69, 9.17) is 4.74 Å². The Hall–Kier alpha value is -1.06. The van der Waals surface area contributed by atoms with Gasteiger partial charge in [0.1, 0.15) is 0 Å². The number of hydrogen-bond donors (Lipinski definition) is 0. The Morgan fingerprint density at radius 2 is 2.42 bits per heavy atom. The number of nitrogens with zero attached hydrogens (tertiary/aromatic N) is 1. The van der Waals surface area contributed by atoms with Gasteiger partial charge in [0.15, 0.2) is 5.78 Å².